The average molecular weight is 352 g/mol. The molecule has 0 aliphatic carbocycles. The Bertz CT molecular complexity index is 323. The fourth-order valence-electron chi connectivity index (χ4n) is 1.32. The number of alkyl halides is 1. The van der Waals surface area contributed by atoms with E-state index in [4.69, 9.17) is 4.43 Å². The van der Waals surface area contributed by atoms with Gasteiger partial charge in [-0.1, -0.05) is 44.0 Å². The summed E-state index contributed by atoms with van der Waals surface area (Å²) in [6.45, 7) is 6.63. The molecule has 1 nitrogen and oxygen atoms in total. The van der Waals surface area contributed by atoms with E-state index >= 15 is 0 Å². The minimum atomic E-state index is -1.49. The Balaban J connectivity index is 2.83. The largest absolute Gasteiger partial charge is 0.410 e. The summed E-state index contributed by atoms with van der Waals surface area (Å²) < 4.78 is 7.20. The molecule has 0 spiro atoms. The van der Waals surface area contributed by atoms with Gasteiger partial charge in [-0.05, 0) is 37.3 Å². The summed E-state index contributed by atoms with van der Waals surface area (Å²) in [5, 5.41) is 0.841. The number of rotatable bonds is 4. The maximum atomic E-state index is 6.10. The van der Waals surface area contributed by atoms with Gasteiger partial charge < -0.3 is 4.43 Å². The number of halogens is 2. The van der Waals surface area contributed by atoms with Gasteiger partial charge in [-0.3, -0.25) is 0 Å². The summed E-state index contributed by atoms with van der Waals surface area (Å²) in [6.07, 6.45) is 0.161. The highest BCUT2D eigenvalue weighted by Crippen LogP contribution is 2.26. The molecule has 1 aromatic carbocycles. The van der Waals surface area contributed by atoms with E-state index in [-0.39, 0.29) is 6.10 Å². The minimum Gasteiger partial charge on any atom is -0.410 e. The predicted octanol–water partition coefficient (Wildman–Crippen LogP) is 4.74. The van der Waals surface area contributed by atoms with Gasteiger partial charge in [-0.15, -0.1) is 0 Å². The quantitative estimate of drug-likeness (QED) is 0.562. The van der Waals surface area contributed by atoms with Crippen molar-refractivity contribution >= 4 is 40.2 Å². The summed E-state index contributed by atoms with van der Waals surface area (Å²) >= 11 is 6.99. The van der Waals surface area contributed by atoms with Crippen LogP contribution < -0.4 is 0 Å². The molecule has 4 heteroatoms. The first-order valence-electron chi connectivity index (χ1n) is 4.91. The fraction of sp³-hybridized carbons (Fsp3) is 0.455. The van der Waals surface area contributed by atoms with Crippen LogP contribution in [0, 0.1) is 0 Å². The van der Waals surface area contributed by atoms with E-state index in [1.807, 2.05) is 12.1 Å². The molecule has 0 heterocycles. The Kier molecular flexibility index (Phi) is 5.02. The minimum absolute atomic E-state index is 0.161. The third kappa shape index (κ3) is 4.81. The van der Waals surface area contributed by atoms with Crippen molar-refractivity contribution in [1.82, 2.24) is 0 Å². The first kappa shape index (κ1) is 13.4. The van der Waals surface area contributed by atoms with E-state index in [1.54, 1.807) is 0 Å². The average Bonchev–Trinajstić information content (AvgIpc) is 2.13. The van der Waals surface area contributed by atoms with Gasteiger partial charge in [-0.25, -0.2) is 0 Å². The van der Waals surface area contributed by atoms with Crippen LogP contribution in [0.15, 0.2) is 28.7 Å². The Morgan fingerprint density at radius 1 is 1.33 bits per heavy atom. The molecule has 0 unspecified atom stereocenters. The maximum absolute atomic E-state index is 6.10. The van der Waals surface area contributed by atoms with Gasteiger partial charge in [0, 0.05) is 9.80 Å². The molecule has 0 saturated carbocycles. The molecule has 0 aromatic heterocycles. The summed E-state index contributed by atoms with van der Waals surface area (Å²) in [6, 6.07) is 8.30. The number of benzene rings is 1. The molecule has 0 amide bonds. The van der Waals surface area contributed by atoms with Crippen LogP contribution in [0.1, 0.15) is 11.7 Å². The Morgan fingerprint density at radius 2 is 2.00 bits per heavy atom. The molecule has 1 rings (SSSR count). The van der Waals surface area contributed by atoms with Crippen LogP contribution in [0.3, 0.4) is 0 Å². The zero-order valence-corrected chi connectivity index (χ0v) is 13.4. The Morgan fingerprint density at radius 3 is 2.47 bits per heavy atom. The van der Waals surface area contributed by atoms with Gasteiger partial charge >= 0.3 is 0 Å². The highest BCUT2D eigenvalue weighted by molar-refractivity contribution is 9.10. The number of hydrogen-bond acceptors (Lipinski definition) is 1. The van der Waals surface area contributed by atoms with Gasteiger partial charge in [0.05, 0.1) is 6.10 Å². The van der Waals surface area contributed by atoms with E-state index in [2.05, 4.69) is 63.6 Å². The lowest BCUT2D eigenvalue weighted by Gasteiger charge is -2.25. The van der Waals surface area contributed by atoms with Crippen molar-refractivity contribution in [2.24, 2.45) is 0 Å². The van der Waals surface area contributed by atoms with Crippen LogP contribution in [0.4, 0.5) is 0 Å². The molecule has 0 N–H and O–H groups in total. The van der Waals surface area contributed by atoms with Crippen LogP contribution in [0.2, 0.25) is 19.6 Å². The van der Waals surface area contributed by atoms with Crippen molar-refractivity contribution in [3.8, 4) is 0 Å². The summed E-state index contributed by atoms with van der Waals surface area (Å²) in [4.78, 5) is 0. The molecule has 0 aliphatic rings. The fourth-order valence-corrected chi connectivity index (χ4v) is 3.56. The summed E-state index contributed by atoms with van der Waals surface area (Å²) in [7, 11) is -1.49. The second-order valence-corrected chi connectivity index (χ2v) is 10.5. The van der Waals surface area contributed by atoms with Crippen LogP contribution in [-0.4, -0.2) is 13.6 Å². The first-order valence-corrected chi connectivity index (χ1v) is 10.2. The summed E-state index contributed by atoms with van der Waals surface area (Å²) in [5.74, 6) is 0. The molecule has 1 aromatic rings. The first-order chi connectivity index (χ1) is 6.92. The van der Waals surface area contributed by atoms with Gasteiger partial charge in [0.15, 0.2) is 8.32 Å². The second-order valence-electron chi connectivity index (χ2n) is 4.43. The van der Waals surface area contributed by atoms with E-state index in [0.29, 0.717) is 0 Å². The maximum Gasteiger partial charge on any atom is 0.184 e. The molecule has 0 saturated heterocycles. The van der Waals surface area contributed by atoms with Gasteiger partial charge in [0.25, 0.3) is 0 Å². The molecule has 0 fully saturated rings. The zero-order chi connectivity index (χ0) is 11.5. The SMILES string of the molecule is C[Si](C)(C)O[C@@H](CBr)c1cccc(Br)c1. The van der Waals surface area contributed by atoms with E-state index in [9.17, 15) is 0 Å². The third-order valence-electron chi connectivity index (χ3n) is 1.86. The van der Waals surface area contributed by atoms with Crippen molar-refractivity contribution < 1.29 is 4.43 Å². The lowest BCUT2D eigenvalue weighted by molar-refractivity contribution is 0.225. The van der Waals surface area contributed by atoms with Crippen molar-refractivity contribution in [3.05, 3.63) is 34.3 Å². The molecule has 0 radical (unpaired) electrons. The van der Waals surface area contributed by atoms with Crippen molar-refractivity contribution in [2.45, 2.75) is 25.7 Å². The standard InChI is InChI=1S/C11H16Br2OSi/c1-15(2,3)14-11(8-12)9-5-4-6-10(13)7-9/h4-7,11H,8H2,1-3H3/t11-/m0/s1. The predicted molar refractivity (Wildman–Crippen MR) is 75.1 cm³/mol. The smallest absolute Gasteiger partial charge is 0.184 e. The monoisotopic (exact) mass is 350 g/mol. The summed E-state index contributed by atoms with van der Waals surface area (Å²) in [5.41, 5.74) is 1.23. The third-order valence-corrected chi connectivity index (χ3v) is 3.93. The lowest BCUT2D eigenvalue weighted by atomic mass is 10.1. The second kappa shape index (κ2) is 5.62. The van der Waals surface area contributed by atoms with Crippen molar-refractivity contribution in [1.29, 1.82) is 0 Å². The van der Waals surface area contributed by atoms with Crippen LogP contribution >= 0.6 is 31.9 Å². The highest BCUT2D eigenvalue weighted by atomic mass is 79.9. The molecule has 1 atom stereocenters. The van der Waals surface area contributed by atoms with Crippen LogP contribution in [-0.2, 0) is 4.43 Å². The zero-order valence-electron chi connectivity index (χ0n) is 9.26. The molecule has 84 valence electrons. The molecule has 15 heavy (non-hydrogen) atoms. The number of hydrogen-bond donors (Lipinski definition) is 0. The lowest BCUT2D eigenvalue weighted by Crippen LogP contribution is -2.28. The van der Waals surface area contributed by atoms with Gasteiger partial charge in [0.1, 0.15) is 0 Å². The normalized spacial score (nSPS) is 13.9. The topological polar surface area (TPSA) is 9.23 Å². The Labute approximate surface area is 110 Å². The van der Waals surface area contributed by atoms with Crippen molar-refractivity contribution in [2.75, 3.05) is 5.33 Å². The van der Waals surface area contributed by atoms with E-state index in [0.717, 1.165) is 9.80 Å². The van der Waals surface area contributed by atoms with Gasteiger partial charge in [-0.2, -0.15) is 0 Å². The van der Waals surface area contributed by atoms with E-state index in [1.165, 1.54) is 5.56 Å². The van der Waals surface area contributed by atoms with Crippen LogP contribution in [0.5, 0.6) is 0 Å². The highest BCUT2D eigenvalue weighted by Gasteiger charge is 2.21. The van der Waals surface area contributed by atoms with Crippen LogP contribution in [0.25, 0.3) is 0 Å². The molecule has 0 bridgehead atoms. The Hall–Kier alpha value is 0.357. The molecule has 0 aliphatic heterocycles. The van der Waals surface area contributed by atoms with Gasteiger partial charge in [0.2, 0.25) is 0 Å². The molecular weight excluding hydrogens is 336 g/mol. The van der Waals surface area contributed by atoms with Crippen molar-refractivity contribution in [3.63, 3.8) is 0 Å². The van der Waals surface area contributed by atoms with E-state index < -0.39 is 8.32 Å². The molecular formula is C11H16Br2OSi.